The summed E-state index contributed by atoms with van der Waals surface area (Å²) < 4.78 is 16.4. The maximum Gasteiger partial charge on any atom is 0.119 e. The zero-order chi connectivity index (χ0) is 24.2. The molecule has 0 aliphatic carbocycles. The SMILES string of the molecule is COc1ccc([P+](CCCCCCCCN)(c2ccc(OC)cc2)c2ccc(OC)cc2)cc1. The number of rotatable bonds is 14. The fourth-order valence-corrected chi connectivity index (χ4v) is 8.89. The molecule has 0 amide bonds. The van der Waals surface area contributed by atoms with Crippen LogP contribution in [0.25, 0.3) is 0 Å². The summed E-state index contributed by atoms with van der Waals surface area (Å²) in [5, 5.41) is 4.10. The number of benzene rings is 3. The number of methoxy groups -OCH3 is 3. The summed E-state index contributed by atoms with van der Waals surface area (Å²) in [6, 6.07) is 26.0. The Labute approximate surface area is 205 Å². The first-order chi connectivity index (χ1) is 16.7. The van der Waals surface area contributed by atoms with Gasteiger partial charge in [-0.25, -0.2) is 0 Å². The highest BCUT2D eigenvalue weighted by Crippen LogP contribution is 2.56. The molecule has 3 aromatic rings. The zero-order valence-electron chi connectivity index (χ0n) is 20.8. The van der Waals surface area contributed by atoms with Gasteiger partial charge in [-0.05, 0) is 98.6 Å². The molecule has 2 N–H and O–H groups in total. The first-order valence-corrected chi connectivity index (χ1v) is 14.2. The van der Waals surface area contributed by atoms with Crippen LogP contribution in [-0.4, -0.2) is 34.0 Å². The van der Waals surface area contributed by atoms with Crippen LogP contribution in [0.3, 0.4) is 0 Å². The van der Waals surface area contributed by atoms with Crippen molar-refractivity contribution in [2.24, 2.45) is 5.73 Å². The van der Waals surface area contributed by atoms with Gasteiger partial charge in [-0.2, -0.15) is 0 Å². The monoisotopic (exact) mass is 480 g/mol. The molecule has 0 unspecified atom stereocenters. The normalized spacial score (nSPS) is 11.3. The summed E-state index contributed by atoms with van der Waals surface area (Å²) in [7, 11) is 3.26. The molecule has 0 atom stereocenters. The Kier molecular flexibility index (Phi) is 10.2. The van der Waals surface area contributed by atoms with E-state index in [9.17, 15) is 0 Å². The second-order valence-electron chi connectivity index (χ2n) is 8.54. The third kappa shape index (κ3) is 6.31. The van der Waals surface area contributed by atoms with Gasteiger partial charge in [0.05, 0.1) is 27.5 Å². The molecule has 0 radical (unpaired) electrons. The zero-order valence-corrected chi connectivity index (χ0v) is 21.7. The van der Waals surface area contributed by atoms with E-state index in [1.807, 2.05) is 0 Å². The van der Waals surface area contributed by atoms with Crippen LogP contribution in [0.5, 0.6) is 17.2 Å². The first kappa shape index (κ1) is 26.1. The van der Waals surface area contributed by atoms with E-state index in [1.54, 1.807) is 21.3 Å². The van der Waals surface area contributed by atoms with Gasteiger partial charge in [0.25, 0.3) is 0 Å². The molecule has 5 heteroatoms. The Morgan fingerprint density at radius 3 is 1.15 bits per heavy atom. The maximum absolute atomic E-state index is 5.66. The van der Waals surface area contributed by atoms with Crippen LogP contribution < -0.4 is 35.9 Å². The fraction of sp³-hybridized carbons (Fsp3) is 0.379. The Hall–Kier alpha value is -2.55. The van der Waals surface area contributed by atoms with E-state index in [4.69, 9.17) is 19.9 Å². The van der Waals surface area contributed by atoms with Crippen LogP contribution in [0.1, 0.15) is 38.5 Å². The van der Waals surface area contributed by atoms with Gasteiger partial charge < -0.3 is 19.9 Å². The Morgan fingerprint density at radius 1 is 0.500 bits per heavy atom. The summed E-state index contributed by atoms with van der Waals surface area (Å²) in [6.07, 6.45) is 8.40. The van der Waals surface area contributed by atoms with Gasteiger partial charge in [0.15, 0.2) is 0 Å². The molecule has 0 spiro atoms. The topological polar surface area (TPSA) is 53.7 Å². The lowest BCUT2D eigenvalue weighted by atomic mass is 10.1. The molecule has 0 saturated heterocycles. The van der Waals surface area contributed by atoms with Crippen molar-refractivity contribution in [3.63, 3.8) is 0 Å². The minimum Gasteiger partial charge on any atom is -0.497 e. The maximum atomic E-state index is 5.66. The van der Waals surface area contributed by atoms with E-state index in [-0.39, 0.29) is 0 Å². The molecule has 0 aliphatic rings. The Balaban J connectivity index is 2.03. The summed E-state index contributed by atoms with van der Waals surface area (Å²) in [6.45, 7) is 0.793. The van der Waals surface area contributed by atoms with E-state index in [1.165, 1.54) is 48.0 Å². The van der Waals surface area contributed by atoms with Gasteiger partial charge in [0.1, 0.15) is 40.4 Å². The molecule has 34 heavy (non-hydrogen) atoms. The Bertz CT molecular complexity index is 856. The summed E-state index contributed by atoms with van der Waals surface area (Å²) in [5.74, 6) is 2.64. The highest BCUT2D eigenvalue weighted by atomic mass is 31.2. The van der Waals surface area contributed by atoms with Crippen molar-refractivity contribution in [2.45, 2.75) is 38.5 Å². The molecule has 4 nitrogen and oxygen atoms in total. The largest absolute Gasteiger partial charge is 0.497 e. The van der Waals surface area contributed by atoms with Crippen molar-refractivity contribution in [1.29, 1.82) is 0 Å². The lowest BCUT2D eigenvalue weighted by molar-refractivity contribution is 0.415. The lowest BCUT2D eigenvalue weighted by Gasteiger charge is -2.28. The molecule has 0 fully saturated rings. The number of hydrogen-bond acceptors (Lipinski definition) is 4. The quantitative estimate of drug-likeness (QED) is 0.251. The van der Waals surface area contributed by atoms with Crippen molar-refractivity contribution < 1.29 is 14.2 Å². The molecule has 3 aromatic carbocycles. The molecule has 0 saturated carbocycles. The average Bonchev–Trinajstić information content (AvgIpc) is 2.91. The summed E-state index contributed by atoms with van der Waals surface area (Å²) in [5.41, 5.74) is 5.66. The van der Waals surface area contributed by atoms with Gasteiger partial charge in [0, 0.05) is 0 Å². The van der Waals surface area contributed by atoms with Crippen molar-refractivity contribution in [1.82, 2.24) is 0 Å². The van der Waals surface area contributed by atoms with E-state index in [2.05, 4.69) is 72.8 Å². The lowest BCUT2D eigenvalue weighted by Crippen LogP contribution is -2.33. The second kappa shape index (κ2) is 13.4. The first-order valence-electron chi connectivity index (χ1n) is 12.2. The highest BCUT2D eigenvalue weighted by Gasteiger charge is 2.44. The average molecular weight is 481 g/mol. The van der Waals surface area contributed by atoms with Crippen LogP contribution in [0.2, 0.25) is 0 Å². The van der Waals surface area contributed by atoms with Crippen LogP contribution in [0.15, 0.2) is 72.8 Å². The third-order valence-electron chi connectivity index (χ3n) is 6.49. The fourth-order valence-electron chi connectivity index (χ4n) is 4.55. The number of unbranched alkanes of at least 4 members (excludes halogenated alkanes) is 5. The van der Waals surface area contributed by atoms with E-state index in [0.29, 0.717) is 0 Å². The van der Waals surface area contributed by atoms with E-state index >= 15 is 0 Å². The van der Waals surface area contributed by atoms with Gasteiger partial charge in [0.2, 0.25) is 0 Å². The van der Waals surface area contributed by atoms with Gasteiger partial charge in [-0.1, -0.05) is 19.3 Å². The predicted octanol–water partition coefficient (Wildman–Crippen LogP) is 5.31. The van der Waals surface area contributed by atoms with Crippen molar-refractivity contribution in [3.8, 4) is 17.2 Å². The summed E-state index contributed by atoms with van der Waals surface area (Å²) >= 11 is 0. The second-order valence-corrected chi connectivity index (χ2v) is 12.2. The molecule has 0 aromatic heterocycles. The molecular formula is C29H39NO3P+. The molecule has 0 aliphatic heterocycles. The van der Waals surface area contributed by atoms with E-state index in [0.717, 1.165) is 36.4 Å². The van der Waals surface area contributed by atoms with Crippen molar-refractivity contribution in [3.05, 3.63) is 72.8 Å². The Morgan fingerprint density at radius 2 is 0.824 bits per heavy atom. The molecule has 0 heterocycles. The molecular weight excluding hydrogens is 441 g/mol. The van der Waals surface area contributed by atoms with Crippen LogP contribution >= 0.6 is 7.26 Å². The minimum atomic E-state index is -1.89. The third-order valence-corrected chi connectivity index (χ3v) is 11.0. The van der Waals surface area contributed by atoms with E-state index < -0.39 is 7.26 Å². The number of ether oxygens (including phenoxy) is 3. The molecule has 3 rings (SSSR count). The van der Waals surface area contributed by atoms with Gasteiger partial charge >= 0.3 is 0 Å². The van der Waals surface area contributed by atoms with Gasteiger partial charge in [-0.3, -0.25) is 0 Å². The summed E-state index contributed by atoms with van der Waals surface area (Å²) in [4.78, 5) is 0. The predicted molar refractivity (Wildman–Crippen MR) is 146 cm³/mol. The van der Waals surface area contributed by atoms with Gasteiger partial charge in [-0.15, -0.1) is 0 Å². The highest BCUT2D eigenvalue weighted by molar-refractivity contribution is 7.95. The smallest absolute Gasteiger partial charge is 0.119 e. The molecule has 0 bridgehead atoms. The number of hydrogen-bond donors (Lipinski definition) is 1. The van der Waals surface area contributed by atoms with Crippen LogP contribution in [0.4, 0.5) is 0 Å². The van der Waals surface area contributed by atoms with Crippen molar-refractivity contribution >= 4 is 23.2 Å². The van der Waals surface area contributed by atoms with Crippen LogP contribution in [0, 0.1) is 0 Å². The molecule has 182 valence electrons. The number of nitrogens with two attached hydrogens (primary N) is 1. The standard InChI is InChI=1S/C29H39NO3P/c1-31-24-10-16-27(17-11-24)34(23-9-7-5-4-6-8-22-30,28-18-12-25(32-2)13-19-28)29-20-14-26(33-3)15-21-29/h10-21H,4-9,22-23,30H2,1-3H3/q+1. The van der Waals surface area contributed by atoms with Crippen molar-refractivity contribution in [2.75, 3.05) is 34.0 Å². The van der Waals surface area contributed by atoms with Crippen LogP contribution in [-0.2, 0) is 0 Å². The minimum absolute atomic E-state index is 0.793.